The Balaban J connectivity index is 2.02. The monoisotopic (exact) mass is 555 g/mol. The third-order valence-corrected chi connectivity index (χ3v) is 8.05. The summed E-state index contributed by atoms with van der Waals surface area (Å²) >= 11 is 6.39. The lowest BCUT2D eigenvalue weighted by molar-refractivity contribution is -0.140. The van der Waals surface area contributed by atoms with Gasteiger partial charge >= 0.3 is 0 Å². The molecule has 202 valence electrons. The number of carbonyl (C=O) groups is 2. The first-order valence-electron chi connectivity index (χ1n) is 12.3. The van der Waals surface area contributed by atoms with Crippen molar-refractivity contribution in [2.24, 2.45) is 0 Å². The van der Waals surface area contributed by atoms with Crippen LogP contribution in [0.2, 0.25) is 5.02 Å². The topological polar surface area (TPSA) is 86.8 Å². The number of nitrogens with one attached hydrogen (secondary N) is 1. The largest absolute Gasteiger partial charge is 0.350 e. The number of halogens is 1. The van der Waals surface area contributed by atoms with Crippen LogP contribution in [0.25, 0.3) is 0 Å². The van der Waals surface area contributed by atoms with Crippen LogP contribution < -0.4 is 9.62 Å². The molecule has 9 heteroatoms. The van der Waals surface area contributed by atoms with Gasteiger partial charge in [0.2, 0.25) is 11.8 Å². The van der Waals surface area contributed by atoms with E-state index < -0.39 is 34.1 Å². The second-order valence-electron chi connectivity index (χ2n) is 10.2. The number of carbonyl (C=O) groups excluding carboxylic acids is 2. The summed E-state index contributed by atoms with van der Waals surface area (Å²) in [5, 5.41) is 3.35. The van der Waals surface area contributed by atoms with Crippen molar-refractivity contribution < 1.29 is 18.0 Å². The van der Waals surface area contributed by atoms with Gasteiger partial charge in [0.25, 0.3) is 10.0 Å². The van der Waals surface area contributed by atoms with Crippen molar-refractivity contribution in [3.63, 3.8) is 0 Å². The molecule has 0 heterocycles. The van der Waals surface area contributed by atoms with E-state index in [1.807, 2.05) is 27.7 Å². The molecule has 3 aromatic rings. The summed E-state index contributed by atoms with van der Waals surface area (Å²) in [5.41, 5.74) is 1.38. The fourth-order valence-electron chi connectivity index (χ4n) is 3.83. The lowest BCUT2D eigenvalue weighted by atomic mass is 10.1. The van der Waals surface area contributed by atoms with Gasteiger partial charge in [0, 0.05) is 17.1 Å². The van der Waals surface area contributed by atoms with Crippen LogP contribution in [0, 0.1) is 6.92 Å². The number of rotatable bonds is 9. The maximum atomic E-state index is 13.9. The number of anilines is 1. The van der Waals surface area contributed by atoms with E-state index in [-0.39, 0.29) is 17.3 Å². The van der Waals surface area contributed by atoms with Crippen molar-refractivity contribution in [3.8, 4) is 0 Å². The van der Waals surface area contributed by atoms with Gasteiger partial charge in [-0.25, -0.2) is 8.42 Å². The van der Waals surface area contributed by atoms with Gasteiger partial charge in [-0.1, -0.05) is 65.7 Å². The summed E-state index contributed by atoms with van der Waals surface area (Å²) in [7, 11) is -4.10. The zero-order chi connectivity index (χ0) is 28.1. The molecule has 38 heavy (non-hydrogen) atoms. The number of sulfonamides is 1. The van der Waals surface area contributed by atoms with E-state index in [2.05, 4.69) is 5.32 Å². The smallest absolute Gasteiger partial charge is 0.264 e. The van der Waals surface area contributed by atoms with Crippen LogP contribution in [0.15, 0.2) is 83.8 Å². The van der Waals surface area contributed by atoms with Crippen LogP contribution in [0.5, 0.6) is 0 Å². The normalized spacial score (nSPS) is 12.5. The Morgan fingerprint density at radius 2 is 1.50 bits per heavy atom. The highest BCUT2D eigenvalue weighted by atomic mass is 35.5. The Hall–Kier alpha value is -3.36. The Kier molecular flexibility index (Phi) is 9.22. The summed E-state index contributed by atoms with van der Waals surface area (Å²) in [6.07, 6.45) is 0. The first-order valence-corrected chi connectivity index (χ1v) is 14.1. The van der Waals surface area contributed by atoms with E-state index in [0.29, 0.717) is 16.3 Å². The minimum Gasteiger partial charge on any atom is -0.350 e. The first kappa shape index (κ1) is 29.2. The van der Waals surface area contributed by atoms with Crippen LogP contribution in [0.1, 0.15) is 38.8 Å². The first-order chi connectivity index (χ1) is 17.8. The Morgan fingerprint density at radius 1 is 0.921 bits per heavy atom. The standard InChI is InChI=1S/C29H34ClN3O4S/c1-21-15-17-25(18-16-21)38(36,37)33(24-12-7-6-8-13-24)20-27(34)32(19-23-11-9-10-14-26(23)30)22(2)28(35)31-29(3,4)5/h6-18,22H,19-20H2,1-5H3,(H,31,35)/t22-/m0/s1. The molecule has 1 atom stereocenters. The maximum Gasteiger partial charge on any atom is 0.264 e. The molecule has 0 aliphatic carbocycles. The molecule has 0 bridgehead atoms. The highest BCUT2D eigenvalue weighted by Gasteiger charge is 2.33. The van der Waals surface area contributed by atoms with Gasteiger partial charge in [-0.05, 0) is 70.5 Å². The van der Waals surface area contributed by atoms with Crippen LogP contribution in [-0.2, 0) is 26.2 Å². The molecular weight excluding hydrogens is 522 g/mol. The minimum atomic E-state index is -4.10. The van der Waals surface area contributed by atoms with Crippen LogP contribution in [0.3, 0.4) is 0 Å². The summed E-state index contributed by atoms with van der Waals surface area (Å²) in [5.74, 6) is -0.897. The molecule has 0 saturated heterocycles. The number of hydrogen-bond acceptors (Lipinski definition) is 4. The van der Waals surface area contributed by atoms with Crippen molar-refractivity contribution >= 4 is 39.1 Å². The molecule has 3 aromatic carbocycles. The highest BCUT2D eigenvalue weighted by Crippen LogP contribution is 2.25. The van der Waals surface area contributed by atoms with Crippen molar-refractivity contribution in [1.82, 2.24) is 10.2 Å². The molecule has 3 rings (SSSR count). The second kappa shape index (κ2) is 12.0. The van der Waals surface area contributed by atoms with Gasteiger partial charge in [0.15, 0.2) is 0 Å². The van der Waals surface area contributed by atoms with E-state index >= 15 is 0 Å². The van der Waals surface area contributed by atoms with Gasteiger partial charge in [0.05, 0.1) is 10.6 Å². The quantitative estimate of drug-likeness (QED) is 0.394. The van der Waals surface area contributed by atoms with E-state index in [1.54, 1.807) is 73.7 Å². The molecule has 0 unspecified atom stereocenters. The summed E-state index contributed by atoms with van der Waals surface area (Å²) in [6.45, 7) is 8.57. The lowest BCUT2D eigenvalue weighted by Crippen LogP contribution is -2.54. The SMILES string of the molecule is Cc1ccc(S(=O)(=O)N(CC(=O)N(Cc2ccccc2Cl)[C@@H](C)C(=O)NC(C)(C)C)c2ccccc2)cc1. The zero-order valence-corrected chi connectivity index (χ0v) is 23.9. The van der Waals surface area contributed by atoms with Gasteiger partial charge in [-0.3, -0.25) is 13.9 Å². The molecule has 2 amide bonds. The van der Waals surface area contributed by atoms with Gasteiger partial charge in [0.1, 0.15) is 12.6 Å². The molecule has 0 saturated carbocycles. The van der Waals surface area contributed by atoms with Crippen molar-refractivity contribution in [2.75, 3.05) is 10.8 Å². The number of nitrogens with zero attached hydrogens (tertiary/aromatic N) is 2. The molecule has 1 N–H and O–H groups in total. The molecule has 7 nitrogen and oxygen atoms in total. The van der Waals surface area contributed by atoms with Crippen LogP contribution in [-0.4, -0.2) is 43.3 Å². The van der Waals surface area contributed by atoms with Gasteiger partial charge < -0.3 is 10.2 Å². The van der Waals surface area contributed by atoms with Crippen LogP contribution >= 0.6 is 11.6 Å². The van der Waals surface area contributed by atoms with Crippen molar-refractivity contribution in [1.29, 1.82) is 0 Å². The van der Waals surface area contributed by atoms with E-state index in [1.165, 1.54) is 17.0 Å². The number of amides is 2. The molecule has 0 radical (unpaired) electrons. The summed E-state index contributed by atoms with van der Waals surface area (Å²) in [4.78, 5) is 28.4. The summed E-state index contributed by atoms with van der Waals surface area (Å²) in [6, 6.07) is 21.1. The van der Waals surface area contributed by atoms with E-state index in [4.69, 9.17) is 11.6 Å². The number of aryl methyl sites for hydroxylation is 1. The maximum absolute atomic E-state index is 13.9. The Morgan fingerprint density at radius 3 is 2.08 bits per heavy atom. The van der Waals surface area contributed by atoms with Crippen LogP contribution in [0.4, 0.5) is 5.69 Å². The fourth-order valence-corrected chi connectivity index (χ4v) is 5.44. The average Bonchev–Trinajstić information content (AvgIpc) is 2.86. The molecular formula is C29H34ClN3O4S. The molecule has 0 aromatic heterocycles. The lowest BCUT2D eigenvalue weighted by Gasteiger charge is -2.33. The molecule has 0 fully saturated rings. The Bertz CT molecular complexity index is 1370. The van der Waals surface area contributed by atoms with Crippen molar-refractivity contribution in [3.05, 3.63) is 95.0 Å². The minimum absolute atomic E-state index is 0.0322. The second-order valence-corrected chi connectivity index (χ2v) is 12.5. The van der Waals surface area contributed by atoms with Gasteiger partial charge in [-0.15, -0.1) is 0 Å². The fraction of sp³-hybridized carbons (Fsp3) is 0.310. The third-order valence-electron chi connectivity index (χ3n) is 5.90. The van der Waals surface area contributed by atoms with E-state index in [0.717, 1.165) is 9.87 Å². The number of para-hydroxylation sites is 1. The van der Waals surface area contributed by atoms with Crippen molar-refractivity contribution in [2.45, 2.75) is 57.6 Å². The number of hydrogen-bond donors (Lipinski definition) is 1. The van der Waals surface area contributed by atoms with Gasteiger partial charge in [-0.2, -0.15) is 0 Å². The molecule has 0 spiro atoms. The number of benzene rings is 3. The predicted octanol–water partition coefficient (Wildman–Crippen LogP) is 5.18. The Labute approximate surface area is 230 Å². The predicted molar refractivity (Wildman–Crippen MR) is 152 cm³/mol. The zero-order valence-electron chi connectivity index (χ0n) is 22.3. The average molecular weight is 556 g/mol. The molecule has 0 aliphatic rings. The summed E-state index contributed by atoms with van der Waals surface area (Å²) < 4.78 is 28.6. The highest BCUT2D eigenvalue weighted by molar-refractivity contribution is 7.92. The third kappa shape index (κ3) is 7.36. The molecule has 0 aliphatic heterocycles. The van der Waals surface area contributed by atoms with E-state index in [9.17, 15) is 18.0 Å².